The maximum absolute atomic E-state index is 13.9. The fourth-order valence-electron chi connectivity index (χ4n) is 2.40. The molecule has 5 nitrogen and oxygen atoms in total. The van der Waals surface area contributed by atoms with E-state index in [0.717, 1.165) is 6.07 Å². The molecular weight excluding hydrogens is 308 g/mol. The Morgan fingerprint density at radius 2 is 1.96 bits per heavy atom. The highest BCUT2D eigenvalue weighted by Gasteiger charge is 2.21. The number of morpholine rings is 1. The number of hydrogen-bond donors (Lipinski definition) is 0. The molecule has 0 amide bonds. The summed E-state index contributed by atoms with van der Waals surface area (Å²) in [7, 11) is 0. The number of rotatable bonds is 6. The molecule has 1 aliphatic rings. The van der Waals surface area contributed by atoms with E-state index in [2.05, 4.69) is 4.74 Å². The Morgan fingerprint density at radius 1 is 1.26 bits per heavy atom. The van der Waals surface area contributed by atoms with Gasteiger partial charge in [0.2, 0.25) is 0 Å². The molecule has 1 aromatic rings. The highest BCUT2D eigenvalue weighted by molar-refractivity contribution is 6.06. The van der Waals surface area contributed by atoms with Crippen molar-refractivity contribution in [3.8, 4) is 0 Å². The van der Waals surface area contributed by atoms with Crippen LogP contribution in [0, 0.1) is 11.6 Å². The van der Waals surface area contributed by atoms with Crippen LogP contribution >= 0.6 is 0 Å². The van der Waals surface area contributed by atoms with Crippen LogP contribution in [0.15, 0.2) is 12.1 Å². The van der Waals surface area contributed by atoms with Crippen molar-refractivity contribution < 1.29 is 27.8 Å². The molecule has 0 atom stereocenters. The van der Waals surface area contributed by atoms with Crippen LogP contribution in [0.4, 0.5) is 8.78 Å². The zero-order valence-corrected chi connectivity index (χ0v) is 12.9. The molecule has 7 heteroatoms. The maximum Gasteiger partial charge on any atom is 0.313 e. The van der Waals surface area contributed by atoms with Gasteiger partial charge in [-0.25, -0.2) is 8.78 Å². The number of halogens is 2. The van der Waals surface area contributed by atoms with Crippen LogP contribution in [0.5, 0.6) is 0 Å². The van der Waals surface area contributed by atoms with E-state index in [9.17, 15) is 18.4 Å². The van der Waals surface area contributed by atoms with Crippen LogP contribution in [0.3, 0.4) is 0 Å². The first-order chi connectivity index (χ1) is 11.0. The summed E-state index contributed by atoms with van der Waals surface area (Å²) in [4.78, 5) is 25.4. The fraction of sp³-hybridized carbons (Fsp3) is 0.500. The van der Waals surface area contributed by atoms with E-state index >= 15 is 0 Å². The van der Waals surface area contributed by atoms with Crippen molar-refractivity contribution in [3.05, 3.63) is 34.9 Å². The van der Waals surface area contributed by atoms with Crippen molar-refractivity contribution in [2.45, 2.75) is 19.9 Å². The van der Waals surface area contributed by atoms with E-state index in [1.165, 1.54) is 6.07 Å². The fourth-order valence-corrected chi connectivity index (χ4v) is 2.40. The molecule has 1 aliphatic heterocycles. The molecule has 0 unspecified atom stereocenters. The largest absolute Gasteiger partial charge is 0.466 e. The third-order valence-electron chi connectivity index (χ3n) is 3.51. The minimum absolute atomic E-state index is 0.125. The molecule has 0 spiro atoms. The van der Waals surface area contributed by atoms with E-state index in [4.69, 9.17) is 4.74 Å². The summed E-state index contributed by atoms with van der Waals surface area (Å²) in [6, 6.07) is 2.38. The standard InChI is InChI=1S/C16H19F2NO4/c1-2-23-15(21)9-14(20)12-7-11(8-13(17)16(12)18)10-19-3-5-22-6-4-19/h7-8H,2-6,9-10H2,1H3. The van der Waals surface area contributed by atoms with Crippen LogP contribution in [-0.4, -0.2) is 49.6 Å². The van der Waals surface area contributed by atoms with Crippen LogP contribution in [0.1, 0.15) is 29.3 Å². The third-order valence-corrected chi connectivity index (χ3v) is 3.51. The van der Waals surface area contributed by atoms with Crippen molar-refractivity contribution in [1.29, 1.82) is 0 Å². The lowest BCUT2D eigenvalue weighted by Crippen LogP contribution is -2.35. The number of Topliss-reactive ketones (excluding diaryl/α,β-unsaturated/α-hetero) is 1. The normalized spacial score (nSPS) is 15.4. The van der Waals surface area contributed by atoms with Gasteiger partial charge >= 0.3 is 5.97 Å². The zero-order chi connectivity index (χ0) is 16.8. The van der Waals surface area contributed by atoms with Gasteiger partial charge in [-0.1, -0.05) is 0 Å². The SMILES string of the molecule is CCOC(=O)CC(=O)c1cc(CN2CCOCC2)cc(F)c1F. The molecule has 0 aromatic heterocycles. The summed E-state index contributed by atoms with van der Waals surface area (Å²) in [5.74, 6) is -3.87. The molecule has 1 heterocycles. The van der Waals surface area contributed by atoms with Crippen LogP contribution in [0.25, 0.3) is 0 Å². The zero-order valence-electron chi connectivity index (χ0n) is 12.9. The van der Waals surface area contributed by atoms with Gasteiger partial charge in [-0.3, -0.25) is 14.5 Å². The lowest BCUT2D eigenvalue weighted by molar-refractivity contribution is -0.141. The van der Waals surface area contributed by atoms with E-state index in [1.54, 1.807) is 6.92 Å². The van der Waals surface area contributed by atoms with Gasteiger partial charge < -0.3 is 9.47 Å². The smallest absolute Gasteiger partial charge is 0.313 e. The number of benzene rings is 1. The summed E-state index contributed by atoms with van der Waals surface area (Å²) in [6.45, 7) is 4.65. The molecule has 0 bridgehead atoms. The van der Waals surface area contributed by atoms with Gasteiger partial charge in [-0.15, -0.1) is 0 Å². The first kappa shape index (κ1) is 17.5. The number of ketones is 1. The van der Waals surface area contributed by atoms with Crippen LogP contribution < -0.4 is 0 Å². The predicted octanol–water partition coefficient (Wildman–Crippen LogP) is 1.93. The van der Waals surface area contributed by atoms with Crippen molar-refractivity contribution in [2.24, 2.45) is 0 Å². The lowest BCUT2D eigenvalue weighted by atomic mass is 10.0. The summed E-state index contributed by atoms with van der Waals surface area (Å²) in [6.07, 6.45) is -0.606. The van der Waals surface area contributed by atoms with Crippen molar-refractivity contribution >= 4 is 11.8 Å². The predicted molar refractivity (Wildman–Crippen MR) is 78.0 cm³/mol. The number of carbonyl (C=O) groups excluding carboxylic acids is 2. The molecule has 1 saturated heterocycles. The summed E-state index contributed by atoms with van der Waals surface area (Å²) in [5.41, 5.74) is 0.0688. The number of ether oxygens (including phenoxy) is 2. The Bertz CT molecular complexity index is 586. The van der Waals surface area contributed by atoms with Gasteiger partial charge in [-0.05, 0) is 24.6 Å². The Hall–Kier alpha value is -1.86. The van der Waals surface area contributed by atoms with Crippen molar-refractivity contribution in [3.63, 3.8) is 0 Å². The van der Waals surface area contributed by atoms with E-state index < -0.39 is 35.4 Å². The van der Waals surface area contributed by atoms with Gasteiger partial charge in [0, 0.05) is 19.6 Å². The third kappa shape index (κ3) is 4.80. The van der Waals surface area contributed by atoms with Crippen LogP contribution in [-0.2, 0) is 20.8 Å². The van der Waals surface area contributed by atoms with Gasteiger partial charge in [0.25, 0.3) is 0 Å². The topological polar surface area (TPSA) is 55.8 Å². The molecule has 0 aliphatic carbocycles. The Balaban J connectivity index is 2.14. The summed E-state index contributed by atoms with van der Waals surface area (Å²) in [5, 5.41) is 0. The molecule has 0 radical (unpaired) electrons. The quantitative estimate of drug-likeness (QED) is 0.454. The molecule has 0 N–H and O–H groups in total. The molecular formula is C16H19F2NO4. The number of esters is 1. The van der Waals surface area contributed by atoms with Gasteiger partial charge in [0.05, 0.1) is 25.4 Å². The second-order valence-corrected chi connectivity index (χ2v) is 5.23. The lowest BCUT2D eigenvalue weighted by Gasteiger charge is -2.26. The minimum atomic E-state index is -1.23. The van der Waals surface area contributed by atoms with Gasteiger partial charge in [0.15, 0.2) is 17.4 Å². The highest BCUT2D eigenvalue weighted by Crippen LogP contribution is 2.19. The van der Waals surface area contributed by atoms with E-state index in [-0.39, 0.29) is 6.61 Å². The first-order valence-corrected chi connectivity index (χ1v) is 7.48. The number of nitrogens with zero attached hydrogens (tertiary/aromatic N) is 1. The molecule has 23 heavy (non-hydrogen) atoms. The number of carbonyl (C=O) groups is 2. The second-order valence-electron chi connectivity index (χ2n) is 5.23. The van der Waals surface area contributed by atoms with E-state index in [0.29, 0.717) is 38.4 Å². The highest BCUT2D eigenvalue weighted by atomic mass is 19.2. The average Bonchev–Trinajstić information content (AvgIpc) is 2.51. The minimum Gasteiger partial charge on any atom is -0.466 e. The second kappa shape index (κ2) is 8.12. The summed E-state index contributed by atoms with van der Waals surface area (Å²) < 4.78 is 37.5. The molecule has 1 aromatic carbocycles. The molecule has 0 saturated carbocycles. The first-order valence-electron chi connectivity index (χ1n) is 7.48. The van der Waals surface area contributed by atoms with Gasteiger partial charge in [0.1, 0.15) is 6.42 Å². The number of hydrogen-bond acceptors (Lipinski definition) is 5. The average molecular weight is 327 g/mol. The van der Waals surface area contributed by atoms with Crippen molar-refractivity contribution in [1.82, 2.24) is 4.90 Å². The van der Waals surface area contributed by atoms with Crippen molar-refractivity contribution in [2.75, 3.05) is 32.9 Å². The molecule has 126 valence electrons. The Labute approximate surface area is 133 Å². The maximum atomic E-state index is 13.9. The Morgan fingerprint density at radius 3 is 2.61 bits per heavy atom. The molecule has 2 rings (SSSR count). The summed E-state index contributed by atoms with van der Waals surface area (Å²) >= 11 is 0. The van der Waals surface area contributed by atoms with E-state index in [1.807, 2.05) is 4.90 Å². The van der Waals surface area contributed by atoms with Gasteiger partial charge in [-0.2, -0.15) is 0 Å². The monoisotopic (exact) mass is 327 g/mol. The van der Waals surface area contributed by atoms with Crippen LogP contribution in [0.2, 0.25) is 0 Å². The Kier molecular flexibility index (Phi) is 6.18. The molecule has 1 fully saturated rings.